The normalized spacial score (nSPS) is 11.8. The molecule has 0 saturated carbocycles. The van der Waals surface area contributed by atoms with Crippen LogP contribution in [0.15, 0.2) is 188 Å². The van der Waals surface area contributed by atoms with Gasteiger partial charge in [0.25, 0.3) is 0 Å². The fraction of sp³-hybridized carbons (Fsp3) is 0. The average Bonchev–Trinajstić information content (AvgIpc) is 3.80. The molecule has 248 valence electrons. The van der Waals surface area contributed by atoms with Gasteiger partial charge in [-0.1, -0.05) is 133 Å². The number of hydrogen-bond donors (Lipinski definition) is 0. The number of fused-ring (bicyclic) bond motifs is 9. The van der Waals surface area contributed by atoms with Crippen molar-refractivity contribution in [1.82, 2.24) is 0 Å². The lowest BCUT2D eigenvalue weighted by molar-refractivity contribution is 1.31. The van der Waals surface area contributed by atoms with Crippen LogP contribution in [0, 0.1) is 0 Å². The largest absolute Gasteiger partial charge is 0.310 e. The molecule has 0 unspecified atom stereocenters. The molecule has 9 aromatic carbocycles. The van der Waals surface area contributed by atoms with E-state index < -0.39 is 0 Å². The molecular weight excluding hydrogens is 679 g/mol. The van der Waals surface area contributed by atoms with Gasteiger partial charge in [-0.3, -0.25) is 0 Å². The molecule has 11 aromatic rings. The Hall–Kier alpha value is -6.26. The Morgan fingerprint density at radius 1 is 0.340 bits per heavy atom. The average molecular weight is 710 g/mol. The summed E-state index contributed by atoms with van der Waals surface area (Å²) in [6, 6.07) is 69.3. The summed E-state index contributed by atoms with van der Waals surface area (Å²) < 4.78 is 5.26. The Kier molecular flexibility index (Phi) is 6.97. The van der Waals surface area contributed by atoms with E-state index >= 15 is 0 Å². The lowest BCUT2D eigenvalue weighted by Gasteiger charge is -2.27. The van der Waals surface area contributed by atoms with Gasteiger partial charge in [0, 0.05) is 51.7 Å². The van der Waals surface area contributed by atoms with Crippen molar-refractivity contribution in [3.05, 3.63) is 188 Å². The molecule has 2 heterocycles. The minimum atomic E-state index is 1.12. The van der Waals surface area contributed by atoms with Gasteiger partial charge in [-0.15, -0.1) is 22.7 Å². The molecule has 0 aliphatic heterocycles. The van der Waals surface area contributed by atoms with Gasteiger partial charge in [-0.05, 0) is 98.4 Å². The molecule has 0 fully saturated rings. The van der Waals surface area contributed by atoms with Crippen molar-refractivity contribution in [1.29, 1.82) is 0 Å². The van der Waals surface area contributed by atoms with Gasteiger partial charge in [-0.2, -0.15) is 0 Å². The van der Waals surface area contributed by atoms with Gasteiger partial charge in [-0.25, -0.2) is 0 Å². The standard InChI is InChI=1S/C50H31NS2/c1-2-10-33(11-3-1)40-27-28-45(49-42-15-7-9-17-47(42)53-50(40)49)51(38-26-22-35-19-18-34-12-4-5-13-39(34)43(35)31-38)37-24-20-32(21-25-37)36-23-29-48-44(30-36)41-14-6-8-16-46(41)52-48/h1-31H. The predicted octanol–water partition coefficient (Wildman–Crippen LogP) is 15.5. The molecule has 2 aromatic heterocycles. The second-order valence-corrected chi connectivity index (χ2v) is 15.8. The predicted molar refractivity (Wildman–Crippen MR) is 233 cm³/mol. The van der Waals surface area contributed by atoms with Crippen molar-refractivity contribution >= 4 is 102 Å². The van der Waals surface area contributed by atoms with E-state index in [-0.39, 0.29) is 0 Å². The van der Waals surface area contributed by atoms with Crippen LogP contribution in [0.3, 0.4) is 0 Å². The van der Waals surface area contributed by atoms with Crippen LogP contribution in [-0.2, 0) is 0 Å². The van der Waals surface area contributed by atoms with Gasteiger partial charge in [0.1, 0.15) is 0 Å². The summed E-state index contributed by atoms with van der Waals surface area (Å²) in [5.74, 6) is 0. The number of thiophene rings is 2. The van der Waals surface area contributed by atoms with E-state index in [4.69, 9.17) is 0 Å². The van der Waals surface area contributed by atoms with E-state index in [1.165, 1.54) is 89.8 Å². The second-order valence-electron chi connectivity index (χ2n) is 13.7. The van der Waals surface area contributed by atoms with E-state index in [0.717, 1.165) is 11.4 Å². The van der Waals surface area contributed by atoms with Crippen molar-refractivity contribution in [2.45, 2.75) is 0 Å². The van der Waals surface area contributed by atoms with Gasteiger partial charge >= 0.3 is 0 Å². The fourth-order valence-corrected chi connectivity index (χ4v) is 10.5. The molecule has 53 heavy (non-hydrogen) atoms. The molecule has 0 spiro atoms. The fourth-order valence-electron chi connectivity index (χ4n) is 8.11. The number of rotatable bonds is 5. The third-order valence-corrected chi connectivity index (χ3v) is 13.0. The number of nitrogens with zero attached hydrogens (tertiary/aromatic N) is 1. The van der Waals surface area contributed by atoms with Crippen LogP contribution in [0.2, 0.25) is 0 Å². The summed E-state index contributed by atoms with van der Waals surface area (Å²) >= 11 is 3.75. The Labute approximate surface area is 315 Å². The SMILES string of the molecule is c1ccc(-c2ccc(N(c3ccc(-c4ccc5sc6ccccc6c5c4)cc3)c3ccc4ccc5ccccc5c4c3)c3c2sc2ccccc23)cc1. The maximum atomic E-state index is 2.47. The smallest absolute Gasteiger partial charge is 0.0555 e. The van der Waals surface area contributed by atoms with Crippen LogP contribution in [0.1, 0.15) is 0 Å². The number of anilines is 3. The second kappa shape index (κ2) is 12.2. The van der Waals surface area contributed by atoms with Crippen LogP contribution >= 0.6 is 22.7 Å². The van der Waals surface area contributed by atoms with Crippen LogP contribution in [0.5, 0.6) is 0 Å². The molecule has 11 rings (SSSR count). The van der Waals surface area contributed by atoms with Crippen molar-refractivity contribution in [3.8, 4) is 22.3 Å². The zero-order valence-corrected chi connectivity index (χ0v) is 30.3. The number of benzene rings is 9. The summed E-state index contributed by atoms with van der Waals surface area (Å²) in [6.45, 7) is 0. The van der Waals surface area contributed by atoms with Crippen molar-refractivity contribution in [2.24, 2.45) is 0 Å². The Bertz CT molecular complexity index is 3170. The van der Waals surface area contributed by atoms with Gasteiger partial charge in [0.05, 0.1) is 5.69 Å². The first-order chi connectivity index (χ1) is 26.3. The maximum Gasteiger partial charge on any atom is 0.0555 e. The van der Waals surface area contributed by atoms with Crippen LogP contribution in [-0.4, -0.2) is 0 Å². The van der Waals surface area contributed by atoms with E-state index in [2.05, 4.69) is 193 Å². The lowest BCUT2D eigenvalue weighted by Crippen LogP contribution is -2.10. The topological polar surface area (TPSA) is 3.24 Å². The van der Waals surface area contributed by atoms with E-state index in [9.17, 15) is 0 Å². The first-order valence-corrected chi connectivity index (χ1v) is 19.6. The summed E-state index contributed by atoms with van der Waals surface area (Å²) in [6.07, 6.45) is 0. The van der Waals surface area contributed by atoms with Gasteiger partial charge in [0.2, 0.25) is 0 Å². The minimum absolute atomic E-state index is 1.12. The highest BCUT2D eigenvalue weighted by atomic mass is 32.1. The molecule has 0 N–H and O–H groups in total. The molecule has 0 bridgehead atoms. The summed E-state index contributed by atoms with van der Waals surface area (Å²) in [5.41, 5.74) is 8.38. The van der Waals surface area contributed by atoms with Crippen LogP contribution < -0.4 is 4.90 Å². The summed E-state index contributed by atoms with van der Waals surface area (Å²) in [7, 11) is 0. The Balaban J connectivity index is 1.14. The zero-order valence-electron chi connectivity index (χ0n) is 28.7. The first kappa shape index (κ1) is 30.4. The highest BCUT2D eigenvalue weighted by Gasteiger charge is 2.21. The Morgan fingerprint density at radius 3 is 1.79 bits per heavy atom. The molecule has 0 aliphatic rings. The van der Waals surface area contributed by atoms with E-state index in [1.54, 1.807) is 0 Å². The van der Waals surface area contributed by atoms with Crippen LogP contribution in [0.4, 0.5) is 17.1 Å². The van der Waals surface area contributed by atoms with Crippen molar-refractivity contribution < 1.29 is 0 Å². The van der Waals surface area contributed by atoms with Crippen molar-refractivity contribution in [2.75, 3.05) is 4.90 Å². The number of hydrogen-bond acceptors (Lipinski definition) is 3. The monoisotopic (exact) mass is 709 g/mol. The quantitative estimate of drug-likeness (QED) is 0.161. The minimum Gasteiger partial charge on any atom is -0.310 e. The molecule has 3 heteroatoms. The third-order valence-electron chi connectivity index (χ3n) is 10.7. The maximum absolute atomic E-state index is 2.47. The summed E-state index contributed by atoms with van der Waals surface area (Å²) in [5, 5.41) is 10.2. The Morgan fingerprint density at radius 2 is 0.962 bits per heavy atom. The van der Waals surface area contributed by atoms with E-state index in [1.807, 2.05) is 22.7 Å². The van der Waals surface area contributed by atoms with E-state index in [0.29, 0.717) is 0 Å². The first-order valence-electron chi connectivity index (χ1n) is 18.0. The van der Waals surface area contributed by atoms with Crippen LogP contribution in [0.25, 0.3) is 84.1 Å². The molecule has 0 atom stereocenters. The zero-order chi connectivity index (χ0) is 34.9. The molecule has 0 amide bonds. The molecule has 0 radical (unpaired) electrons. The third kappa shape index (κ3) is 4.97. The molecule has 1 nitrogen and oxygen atoms in total. The molecular formula is C50H31NS2. The summed E-state index contributed by atoms with van der Waals surface area (Å²) in [4.78, 5) is 2.47. The lowest BCUT2D eigenvalue weighted by atomic mass is 9.98. The molecule has 0 saturated heterocycles. The van der Waals surface area contributed by atoms with Crippen molar-refractivity contribution in [3.63, 3.8) is 0 Å². The highest BCUT2D eigenvalue weighted by molar-refractivity contribution is 7.26. The van der Waals surface area contributed by atoms with Gasteiger partial charge in [0.15, 0.2) is 0 Å². The van der Waals surface area contributed by atoms with Gasteiger partial charge < -0.3 is 4.90 Å². The highest BCUT2D eigenvalue weighted by Crippen LogP contribution is 2.49. The molecule has 0 aliphatic carbocycles.